The quantitative estimate of drug-likeness (QED) is 0.549. The average molecular weight is 414 g/mol. The first-order chi connectivity index (χ1) is 14.5. The number of aliphatic hydroxyl groups excluding tert-OH is 1. The second kappa shape index (κ2) is 9.58. The van der Waals surface area contributed by atoms with E-state index >= 15 is 0 Å². The fraction of sp³-hybridized carbons (Fsp3) is 0.409. The van der Waals surface area contributed by atoms with Crippen molar-refractivity contribution in [1.82, 2.24) is 4.90 Å². The molecule has 1 heterocycles. The van der Waals surface area contributed by atoms with Crippen LogP contribution in [0, 0.1) is 16.0 Å². The van der Waals surface area contributed by atoms with E-state index in [-0.39, 0.29) is 28.7 Å². The molecule has 1 fully saturated rings. The van der Waals surface area contributed by atoms with Crippen LogP contribution in [0.3, 0.4) is 0 Å². The Kier molecular flexibility index (Phi) is 6.89. The maximum Gasteiger partial charge on any atom is 0.286 e. The van der Waals surface area contributed by atoms with Gasteiger partial charge in [0.05, 0.1) is 30.8 Å². The van der Waals surface area contributed by atoms with Gasteiger partial charge < -0.3 is 19.5 Å². The molecule has 0 aromatic heterocycles. The SMILES string of the molecule is CCOc1cc([N+](=O)[O-])c(C(=O)N2CCC(C(O)c3ccccc3)CC2)cc1OC. The van der Waals surface area contributed by atoms with E-state index < -0.39 is 16.9 Å². The Morgan fingerprint density at radius 3 is 2.47 bits per heavy atom. The summed E-state index contributed by atoms with van der Waals surface area (Å²) in [5, 5.41) is 22.2. The van der Waals surface area contributed by atoms with Crippen molar-refractivity contribution in [2.75, 3.05) is 26.8 Å². The second-order valence-corrected chi connectivity index (χ2v) is 7.20. The molecule has 1 atom stereocenters. The zero-order valence-electron chi connectivity index (χ0n) is 17.1. The van der Waals surface area contributed by atoms with Crippen LogP contribution in [0.5, 0.6) is 11.5 Å². The number of benzene rings is 2. The third kappa shape index (κ3) is 4.54. The van der Waals surface area contributed by atoms with Crippen molar-refractivity contribution < 1.29 is 24.3 Å². The van der Waals surface area contributed by atoms with Crippen molar-refractivity contribution in [2.45, 2.75) is 25.9 Å². The first-order valence-corrected chi connectivity index (χ1v) is 9.97. The summed E-state index contributed by atoms with van der Waals surface area (Å²) in [5.74, 6) is 0.116. The van der Waals surface area contributed by atoms with Crippen LogP contribution in [0.4, 0.5) is 5.69 Å². The van der Waals surface area contributed by atoms with E-state index in [1.807, 2.05) is 30.3 Å². The van der Waals surface area contributed by atoms with Gasteiger partial charge >= 0.3 is 0 Å². The van der Waals surface area contributed by atoms with E-state index in [9.17, 15) is 20.0 Å². The molecule has 2 aromatic rings. The number of piperidine rings is 1. The van der Waals surface area contributed by atoms with E-state index in [2.05, 4.69) is 0 Å². The third-order valence-electron chi connectivity index (χ3n) is 5.42. The van der Waals surface area contributed by atoms with E-state index in [1.54, 1.807) is 11.8 Å². The Hall–Kier alpha value is -3.13. The van der Waals surface area contributed by atoms with Gasteiger partial charge in [0.2, 0.25) is 0 Å². The molecule has 1 N–H and O–H groups in total. The highest BCUT2D eigenvalue weighted by atomic mass is 16.6. The number of aliphatic hydroxyl groups is 1. The Morgan fingerprint density at radius 1 is 1.23 bits per heavy atom. The number of ether oxygens (including phenoxy) is 2. The van der Waals surface area contributed by atoms with Gasteiger partial charge in [0.15, 0.2) is 11.5 Å². The number of nitrogens with zero attached hydrogens (tertiary/aromatic N) is 2. The predicted octanol–water partition coefficient (Wildman–Crippen LogP) is 3.59. The lowest BCUT2D eigenvalue weighted by Gasteiger charge is -2.34. The smallest absolute Gasteiger partial charge is 0.286 e. The van der Waals surface area contributed by atoms with Crippen molar-refractivity contribution in [3.63, 3.8) is 0 Å². The minimum atomic E-state index is -0.594. The lowest BCUT2D eigenvalue weighted by molar-refractivity contribution is -0.385. The zero-order valence-corrected chi connectivity index (χ0v) is 17.1. The number of nitro benzene ring substituents is 1. The van der Waals surface area contributed by atoms with Gasteiger partial charge in [-0.2, -0.15) is 0 Å². The summed E-state index contributed by atoms with van der Waals surface area (Å²) in [5.41, 5.74) is 0.521. The molecule has 8 nitrogen and oxygen atoms in total. The molecule has 8 heteroatoms. The highest BCUT2D eigenvalue weighted by molar-refractivity contribution is 5.99. The number of nitro groups is 1. The van der Waals surface area contributed by atoms with Crippen molar-refractivity contribution in [3.8, 4) is 11.5 Å². The topological polar surface area (TPSA) is 102 Å². The Morgan fingerprint density at radius 2 is 1.90 bits per heavy atom. The van der Waals surface area contributed by atoms with Crippen molar-refractivity contribution >= 4 is 11.6 Å². The summed E-state index contributed by atoms with van der Waals surface area (Å²) in [6.45, 7) is 2.91. The lowest BCUT2D eigenvalue weighted by atomic mass is 9.87. The highest BCUT2D eigenvalue weighted by Gasteiger charge is 2.32. The van der Waals surface area contributed by atoms with Crippen LogP contribution in [0.25, 0.3) is 0 Å². The maximum atomic E-state index is 13.1. The van der Waals surface area contributed by atoms with Crippen LogP contribution in [0.1, 0.15) is 41.8 Å². The largest absolute Gasteiger partial charge is 0.493 e. The molecular formula is C22H26N2O6. The first kappa shape index (κ1) is 21.6. The van der Waals surface area contributed by atoms with Crippen molar-refractivity contribution in [1.29, 1.82) is 0 Å². The fourth-order valence-electron chi connectivity index (χ4n) is 3.81. The molecule has 0 spiro atoms. The summed E-state index contributed by atoms with van der Waals surface area (Å²) in [6, 6.07) is 12.0. The number of likely N-dealkylation sites (tertiary alicyclic amines) is 1. The number of rotatable bonds is 7. The molecular weight excluding hydrogens is 388 g/mol. The molecule has 1 aliphatic rings. The normalized spacial score (nSPS) is 15.5. The number of methoxy groups -OCH3 is 1. The summed E-state index contributed by atoms with van der Waals surface area (Å²) < 4.78 is 10.7. The van der Waals surface area contributed by atoms with Gasteiger partial charge in [-0.15, -0.1) is 0 Å². The Balaban J connectivity index is 1.76. The van der Waals surface area contributed by atoms with Gasteiger partial charge in [0.25, 0.3) is 11.6 Å². The van der Waals surface area contributed by atoms with Crippen LogP contribution in [-0.2, 0) is 0 Å². The van der Waals surface area contributed by atoms with Crippen LogP contribution >= 0.6 is 0 Å². The summed E-state index contributed by atoms with van der Waals surface area (Å²) >= 11 is 0. The van der Waals surface area contributed by atoms with E-state index in [0.29, 0.717) is 32.5 Å². The Bertz CT molecular complexity index is 894. The maximum absolute atomic E-state index is 13.1. The number of amides is 1. The standard InChI is InChI=1S/C22H26N2O6/c1-3-30-20-14-18(24(27)28)17(13-19(20)29-2)22(26)23-11-9-16(10-12-23)21(25)15-7-5-4-6-8-15/h4-8,13-14,16,21,25H,3,9-12H2,1-2H3. The minimum Gasteiger partial charge on any atom is -0.493 e. The monoisotopic (exact) mass is 414 g/mol. The van der Waals surface area contributed by atoms with Gasteiger partial charge in [-0.05, 0) is 31.2 Å². The molecule has 0 saturated carbocycles. The molecule has 2 aromatic carbocycles. The van der Waals surface area contributed by atoms with Crippen LogP contribution < -0.4 is 9.47 Å². The second-order valence-electron chi connectivity index (χ2n) is 7.20. The fourth-order valence-corrected chi connectivity index (χ4v) is 3.81. The highest BCUT2D eigenvalue weighted by Crippen LogP contribution is 2.37. The number of hydrogen-bond acceptors (Lipinski definition) is 6. The third-order valence-corrected chi connectivity index (χ3v) is 5.42. The van der Waals surface area contributed by atoms with Crippen LogP contribution in [0.2, 0.25) is 0 Å². The molecule has 160 valence electrons. The lowest BCUT2D eigenvalue weighted by Crippen LogP contribution is -2.40. The van der Waals surface area contributed by atoms with Gasteiger partial charge in [-0.25, -0.2) is 0 Å². The molecule has 1 aliphatic heterocycles. The zero-order chi connectivity index (χ0) is 21.7. The summed E-state index contributed by atoms with van der Waals surface area (Å²) in [6.07, 6.45) is 0.636. The van der Waals surface area contributed by atoms with Gasteiger partial charge in [0, 0.05) is 19.2 Å². The molecule has 0 aliphatic carbocycles. The summed E-state index contributed by atoms with van der Waals surface area (Å²) in [7, 11) is 1.43. The molecule has 0 radical (unpaired) electrons. The van der Waals surface area contributed by atoms with Crippen molar-refractivity contribution in [3.05, 3.63) is 63.7 Å². The molecule has 30 heavy (non-hydrogen) atoms. The molecule has 3 rings (SSSR count). The molecule has 0 bridgehead atoms. The van der Waals surface area contributed by atoms with Gasteiger partial charge in [-0.1, -0.05) is 30.3 Å². The summed E-state index contributed by atoms with van der Waals surface area (Å²) in [4.78, 5) is 25.7. The minimum absolute atomic E-state index is 0.0256. The average Bonchev–Trinajstić information content (AvgIpc) is 2.78. The van der Waals surface area contributed by atoms with Gasteiger partial charge in [0.1, 0.15) is 5.56 Å². The molecule has 1 amide bonds. The number of carbonyl (C=O) groups excluding carboxylic acids is 1. The molecule has 1 unspecified atom stereocenters. The van der Waals surface area contributed by atoms with E-state index in [1.165, 1.54) is 19.2 Å². The van der Waals surface area contributed by atoms with Crippen molar-refractivity contribution in [2.24, 2.45) is 5.92 Å². The first-order valence-electron chi connectivity index (χ1n) is 9.97. The van der Waals surface area contributed by atoms with E-state index in [0.717, 1.165) is 5.56 Å². The van der Waals surface area contributed by atoms with Gasteiger partial charge in [-0.3, -0.25) is 14.9 Å². The van der Waals surface area contributed by atoms with Crippen LogP contribution in [0.15, 0.2) is 42.5 Å². The Labute approximate surface area is 175 Å². The van der Waals surface area contributed by atoms with Crippen LogP contribution in [-0.4, -0.2) is 47.6 Å². The predicted molar refractivity (Wildman–Crippen MR) is 111 cm³/mol. The number of carbonyl (C=O) groups is 1. The molecule has 1 saturated heterocycles. The van der Waals surface area contributed by atoms with E-state index in [4.69, 9.17) is 9.47 Å². The number of hydrogen-bond donors (Lipinski definition) is 1.